The fraction of sp³-hybridized carbons (Fsp3) is 0.294. The lowest BCUT2D eigenvalue weighted by Crippen LogP contribution is -2.21. The standard InChI is InChI=1S/C17H19Cl2NO/c1-12(14-7-5-8-15(18)17(14)19)20-11-10-13-6-3-4-9-16(13)21-2/h3-9,12,20H,10-11H2,1-2H3. The lowest BCUT2D eigenvalue weighted by Gasteiger charge is -2.17. The van der Waals surface area contributed by atoms with Crippen molar-refractivity contribution < 1.29 is 4.74 Å². The lowest BCUT2D eigenvalue weighted by molar-refractivity contribution is 0.408. The molecule has 1 unspecified atom stereocenters. The summed E-state index contributed by atoms with van der Waals surface area (Å²) in [4.78, 5) is 0. The highest BCUT2D eigenvalue weighted by molar-refractivity contribution is 6.42. The maximum Gasteiger partial charge on any atom is 0.122 e. The molecule has 112 valence electrons. The Morgan fingerprint density at radius 1 is 1.10 bits per heavy atom. The summed E-state index contributed by atoms with van der Waals surface area (Å²) in [5, 5.41) is 4.68. The second kappa shape index (κ2) is 7.69. The summed E-state index contributed by atoms with van der Waals surface area (Å²) in [6, 6.07) is 13.9. The Bertz CT molecular complexity index is 601. The molecule has 0 fully saturated rings. The zero-order valence-corrected chi connectivity index (χ0v) is 13.7. The van der Waals surface area contributed by atoms with Crippen molar-refractivity contribution in [3.8, 4) is 5.75 Å². The van der Waals surface area contributed by atoms with Crippen LogP contribution in [0.4, 0.5) is 0 Å². The Hall–Kier alpha value is -1.22. The number of ether oxygens (including phenoxy) is 1. The van der Waals surface area contributed by atoms with E-state index >= 15 is 0 Å². The Balaban J connectivity index is 1.95. The second-order valence-corrected chi connectivity index (χ2v) is 5.67. The van der Waals surface area contributed by atoms with Gasteiger partial charge >= 0.3 is 0 Å². The highest BCUT2D eigenvalue weighted by atomic mass is 35.5. The van der Waals surface area contributed by atoms with Gasteiger partial charge in [0.15, 0.2) is 0 Å². The summed E-state index contributed by atoms with van der Waals surface area (Å²) in [6.07, 6.45) is 0.895. The van der Waals surface area contributed by atoms with Crippen LogP contribution in [-0.4, -0.2) is 13.7 Å². The quantitative estimate of drug-likeness (QED) is 0.816. The van der Waals surface area contributed by atoms with Gasteiger partial charge in [-0.1, -0.05) is 53.5 Å². The summed E-state index contributed by atoms with van der Waals surface area (Å²) in [5.74, 6) is 0.924. The van der Waals surface area contributed by atoms with Crippen LogP contribution in [-0.2, 0) is 6.42 Å². The third-order valence-electron chi connectivity index (χ3n) is 3.49. The van der Waals surface area contributed by atoms with Gasteiger partial charge in [0.2, 0.25) is 0 Å². The van der Waals surface area contributed by atoms with Crippen LogP contribution in [0.25, 0.3) is 0 Å². The van der Waals surface area contributed by atoms with Gasteiger partial charge in [-0.25, -0.2) is 0 Å². The van der Waals surface area contributed by atoms with Crippen LogP contribution >= 0.6 is 23.2 Å². The largest absolute Gasteiger partial charge is 0.496 e. The molecule has 0 radical (unpaired) electrons. The van der Waals surface area contributed by atoms with Crippen molar-refractivity contribution in [2.24, 2.45) is 0 Å². The van der Waals surface area contributed by atoms with Crippen LogP contribution in [0.1, 0.15) is 24.1 Å². The van der Waals surface area contributed by atoms with Crippen LogP contribution in [0.3, 0.4) is 0 Å². The summed E-state index contributed by atoms with van der Waals surface area (Å²) < 4.78 is 5.36. The van der Waals surface area contributed by atoms with Gasteiger partial charge in [0.05, 0.1) is 17.2 Å². The maximum absolute atomic E-state index is 6.24. The Kier molecular flexibility index (Phi) is 5.92. The van der Waals surface area contributed by atoms with Crippen molar-refractivity contribution in [2.45, 2.75) is 19.4 Å². The third kappa shape index (κ3) is 4.13. The average molecular weight is 324 g/mol. The van der Waals surface area contributed by atoms with E-state index in [1.165, 1.54) is 5.56 Å². The first-order valence-corrected chi connectivity index (χ1v) is 7.68. The maximum atomic E-state index is 6.24. The first-order chi connectivity index (χ1) is 10.1. The highest BCUT2D eigenvalue weighted by Gasteiger charge is 2.11. The van der Waals surface area contributed by atoms with Crippen LogP contribution in [0.2, 0.25) is 10.0 Å². The molecule has 0 saturated carbocycles. The molecule has 2 aromatic carbocycles. The number of rotatable bonds is 6. The van der Waals surface area contributed by atoms with Gasteiger partial charge in [0.1, 0.15) is 5.75 Å². The molecule has 2 rings (SSSR count). The Labute approximate surface area is 136 Å². The topological polar surface area (TPSA) is 21.3 Å². The van der Waals surface area contributed by atoms with E-state index in [1.807, 2.05) is 30.3 Å². The Morgan fingerprint density at radius 2 is 1.86 bits per heavy atom. The minimum absolute atomic E-state index is 0.144. The predicted octanol–water partition coefficient (Wildman–Crippen LogP) is 4.90. The van der Waals surface area contributed by atoms with Gasteiger partial charge in [-0.15, -0.1) is 0 Å². The van der Waals surface area contributed by atoms with E-state index < -0.39 is 0 Å². The summed E-state index contributed by atoms with van der Waals surface area (Å²) in [7, 11) is 1.70. The van der Waals surface area contributed by atoms with Crippen molar-refractivity contribution >= 4 is 23.2 Å². The molecule has 0 bridgehead atoms. The first kappa shape index (κ1) is 16.2. The molecule has 0 amide bonds. The van der Waals surface area contributed by atoms with Crippen molar-refractivity contribution in [2.75, 3.05) is 13.7 Å². The molecule has 0 aliphatic rings. The highest BCUT2D eigenvalue weighted by Crippen LogP contribution is 2.29. The molecule has 0 spiro atoms. The smallest absolute Gasteiger partial charge is 0.122 e. The number of hydrogen-bond acceptors (Lipinski definition) is 2. The molecule has 0 aliphatic heterocycles. The van der Waals surface area contributed by atoms with E-state index in [0.29, 0.717) is 10.0 Å². The number of halogens is 2. The lowest BCUT2D eigenvalue weighted by atomic mass is 10.1. The molecule has 0 saturated heterocycles. The van der Waals surface area contributed by atoms with E-state index in [0.717, 1.165) is 24.3 Å². The van der Waals surface area contributed by atoms with E-state index in [2.05, 4.69) is 18.3 Å². The fourth-order valence-corrected chi connectivity index (χ4v) is 2.77. The van der Waals surface area contributed by atoms with Crippen molar-refractivity contribution in [3.05, 3.63) is 63.6 Å². The zero-order valence-electron chi connectivity index (χ0n) is 12.2. The monoisotopic (exact) mass is 323 g/mol. The summed E-state index contributed by atoms with van der Waals surface area (Å²) in [6.45, 7) is 2.92. The average Bonchev–Trinajstić information content (AvgIpc) is 2.50. The fourth-order valence-electron chi connectivity index (χ4n) is 2.30. The molecule has 4 heteroatoms. The molecule has 2 nitrogen and oxygen atoms in total. The number of methoxy groups -OCH3 is 1. The van der Waals surface area contributed by atoms with E-state index in [1.54, 1.807) is 13.2 Å². The van der Waals surface area contributed by atoms with Gasteiger partial charge < -0.3 is 10.1 Å². The number of para-hydroxylation sites is 1. The van der Waals surface area contributed by atoms with E-state index in [9.17, 15) is 0 Å². The number of nitrogens with one attached hydrogen (secondary N) is 1. The molecule has 1 atom stereocenters. The van der Waals surface area contributed by atoms with Crippen LogP contribution in [0.15, 0.2) is 42.5 Å². The SMILES string of the molecule is COc1ccccc1CCNC(C)c1cccc(Cl)c1Cl. The minimum Gasteiger partial charge on any atom is -0.496 e. The second-order valence-electron chi connectivity index (χ2n) is 4.88. The molecule has 0 aliphatic carbocycles. The van der Waals surface area contributed by atoms with Crippen molar-refractivity contribution in [1.82, 2.24) is 5.32 Å². The normalized spacial score (nSPS) is 12.2. The van der Waals surface area contributed by atoms with Gasteiger partial charge in [0, 0.05) is 6.04 Å². The van der Waals surface area contributed by atoms with Gasteiger partial charge in [0.25, 0.3) is 0 Å². The molecule has 0 aromatic heterocycles. The molecule has 21 heavy (non-hydrogen) atoms. The van der Waals surface area contributed by atoms with Gasteiger partial charge in [-0.2, -0.15) is 0 Å². The molecular formula is C17H19Cl2NO. The van der Waals surface area contributed by atoms with Gasteiger partial charge in [-0.3, -0.25) is 0 Å². The number of benzene rings is 2. The summed E-state index contributed by atoms with van der Waals surface area (Å²) >= 11 is 12.3. The summed E-state index contributed by atoms with van der Waals surface area (Å²) in [5.41, 5.74) is 2.21. The van der Waals surface area contributed by atoms with E-state index in [4.69, 9.17) is 27.9 Å². The predicted molar refractivity (Wildman–Crippen MR) is 89.6 cm³/mol. The van der Waals surface area contributed by atoms with Crippen LogP contribution in [0, 0.1) is 0 Å². The Morgan fingerprint density at radius 3 is 2.62 bits per heavy atom. The van der Waals surface area contributed by atoms with E-state index in [-0.39, 0.29) is 6.04 Å². The third-order valence-corrected chi connectivity index (χ3v) is 4.32. The van der Waals surface area contributed by atoms with Gasteiger partial charge in [-0.05, 0) is 43.1 Å². The number of hydrogen-bond donors (Lipinski definition) is 1. The van der Waals surface area contributed by atoms with Crippen molar-refractivity contribution in [1.29, 1.82) is 0 Å². The molecule has 1 N–H and O–H groups in total. The van der Waals surface area contributed by atoms with Crippen LogP contribution < -0.4 is 10.1 Å². The molecule has 2 aromatic rings. The van der Waals surface area contributed by atoms with Crippen molar-refractivity contribution in [3.63, 3.8) is 0 Å². The minimum atomic E-state index is 0.144. The first-order valence-electron chi connectivity index (χ1n) is 6.92. The molecule has 0 heterocycles. The van der Waals surface area contributed by atoms with Crippen LogP contribution in [0.5, 0.6) is 5.75 Å². The molecular weight excluding hydrogens is 305 g/mol. The zero-order chi connectivity index (χ0) is 15.2.